The van der Waals surface area contributed by atoms with Crippen molar-refractivity contribution in [1.82, 2.24) is 4.98 Å². The number of esters is 1. The molecule has 1 N–H and O–H groups in total. The summed E-state index contributed by atoms with van der Waals surface area (Å²) in [6, 6.07) is 0. The van der Waals surface area contributed by atoms with E-state index in [1.54, 1.807) is 12.2 Å². The Bertz CT molecular complexity index is 470. The number of halogens is 3. The predicted molar refractivity (Wildman–Crippen MR) is 57.3 cm³/mol. The average Bonchev–Trinajstić information content (AvgIpc) is 2.57. The van der Waals surface area contributed by atoms with Crippen LogP contribution in [0.1, 0.15) is 10.6 Å². The van der Waals surface area contributed by atoms with Crippen LogP contribution < -0.4 is 5.32 Å². The second kappa shape index (κ2) is 5.34. The lowest BCUT2D eigenvalue weighted by molar-refractivity contribution is -0.167. The molecule has 0 saturated heterocycles. The number of aromatic nitrogens is 1. The normalized spacial score (nSPS) is 11.2. The SMILES string of the molecule is COC(=O)Cc1nc(NC(=O)C(F)(F)F)sc1C. The molecular weight excluding hydrogens is 273 g/mol. The van der Waals surface area contributed by atoms with Gasteiger partial charge in [-0.2, -0.15) is 13.2 Å². The zero-order valence-corrected chi connectivity index (χ0v) is 10.2. The maximum Gasteiger partial charge on any atom is 0.471 e. The minimum atomic E-state index is -4.97. The molecule has 0 radical (unpaired) electrons. The summed E-state index contributed by atoms with van der Waals surface area (Å²) in [5.74, 6) is -2.65. The van der Waals surface area contributed by atoms with Gasteiger partial charge in [0, 0.05) is 4.88 Å². The third kappa shape index (κ3) is 3.69. The van der Waals surface area contributed by atoms with Gasteiger partial charge >= 0.3 is 18.1 Å². The fourth-order valence-corrected chi connectivity index (χ4v) is 1.85. The molecule has 100 valence electrons. The van der Waals surface area contributed by atoms with E-state index in [1.165, 1.54) is 7.11 Å². The summed E-state index contributed by atoms with van der Waals surface area (Å²) in [5, 5.41) is 1.43. The van der Waals surface area contributed by atoms with Crippen molar-refractivity contribution in [2.45, 2.75) is 19.5 Å². The first kappa shape index (κ1) is 14.4. The number of anilines is 1. The van der Waals surface area contributed by atoms with Crippen molar-refractivity contribution in [2.75, 3.05) is 12.4 Å². The summed E-state index contributed by atoms with van der Waals surface area (Å²) in [6.07, 6.45) is -5.12. The number of alkyl halides is 3. The molecule has 0 aliphatic rings. The topological polar surface area (TPSA) is 68.3 Å². The number of hydrogen-bond acceptors (Lipinski definition) is 5. The number of thiazole rings is 1. The average molecular weight is 282 g/mol. The van der Waals surface area contributed by atoms with Crippen molar-refractivity contribution in [3.8, 4) is 0 Å². The van der Waals surface area contributed by atoms with Crippen LogP contribution in [0.2, 0.25) is 0 Å². The van der Waals surface area contributed by atoms with E-state index in [0.29, 0.717) is 4.88 Å². The Labute approximate surface area is 104 Å². The molecule has 0 saturated carbocycles. The molecule has 1 heterocycles. The van der Waals surface area contributed by atoms with Crippen LogP contribution in [0.15, 0.2) is 0 Å². The molecule has 1 amide bonds. The fourth-order valence-electron chi connectivity index (χ4n) is 1.02. The van der Waals surface area contributed by atoms with E-state index >= 15 is 0 Å². The monoisotopic (exact) mass is 282 g/mol. The quantitative estimate of drug-likeness (QED) is 0.856. The molecule has 18 heavy (non-hydrogen) atoms. The molecule has 0 bridgehead atoms. The van der Waals surface area contributed by atoms with E-state index < -0.39 is 18.1 Å². The number of hydrogen-bond donors (Lipinski definition) is 1. The Morgan fingerprint density at radius 2 is 2.06 bits per heavy atom. The highest BCUT2D eigenvalue weighted by atomic mass is 32.1. The second-order valence-electron chi connectivity index (χ2n) is 3.23. The Kier molecular flexibility index (Phi) is 4.28. The van der Waals surface area contributed by atoms with Gasteiger partial charge < -0.3 is 4.74 Å². The van der Waals surface area contributed by atoms with Gasteiger partial charge in [0.25, 0.3) is 0 Å². The van der Waals surface area contributed by atoms with Gasteiger partial charge in [-0.25, -0.2) is 4.98 Å². The number of rotatable bonds is 3. The van der Waals surface area contributed by atoms with E-state index in [-0.39, 0.29) is 17.2 Å². The van der Waals surface area contributed by atoms with E-state index in [9.17, 15) is 22.8 Å². The number of nitrogens with one attached hydrogen (secondary N) is 1. The molecule has 9 heteroatoms. The minimum Gasteiger partial charge on any atom is -0.469 e. The van der Waals surface area contributed by atoms with E-state index in [0.717, 1.165) is 11.3 Å². The first-order chi connectivity index (χ1) is 8.24. The summed E-state index contributed by atoms with van der Waals surface area (Å²) in [7, 11) is 1.19. The van der Waals surface area contributed by atoms with Crippen molar-refractivity contribution in [3.05, 3.63) is 10.6 Å². The third-order valence-electron chi connectivity index (χ3n) is 1.91. The smallest absolute Gasteiger partial charge is 0.469 e. The van der Waals surface area contributed by atoms with Crippen LogP contribution in [0.5, 0.6) is 0 Å². The maximum absolute atomic E-state index is 12.0. The number of ether oxygens (including phenoxy) is 1. The van der Waals surface area contributed by atoms with Crippen molar-refractivity contribution in [2.24, 2.45) is 0 Å². The Balaban J connectivity index is 2.79. The van der Waals surface area contributed by atoms with Gasteiger partial charge in [-0.15, -0.1) is 11.3 Å². The first-order valence-electron chi connectivity index (χ1n) is 4.65. The standard InChI is InChI=1S/C9H9F3N2O3S/c1-4-5(3-6(15)17-2)13-8(18-4)14-7(16)9(10,11)12/h3H2,1-2H3,(H,13,14,16). The summed E-state index contributed by atoms with van der Waals surface area (Å²) in [5.41, 5.74) is 0.282. The van der Waals surface area contributed by atoms with Crippen LogP contribution in [0.4, 0.5) is 18.3 Å². The molecular formula is C9H9F3N2O3S. The molecule has 0 atom stereocenters. The van der Waals surface area contributed by atoms with Crippen LogP contribution in [0, 0.1) is 6.92 Å². The highest BCUT2D eigenvalue weighted by molar-refractivity contribution is 7.15. The lowest BCUT2D eigenvalue weighted by Gasteiger charge is -2.04. The molecule has 0 spiro atoms. The zero-order valence-electron chi connectivity index (χ0n) is 9.42. The van der Waals surface area contributed by atoms with Crippen molar-refractivity contribution in [1.29, 1.82) is 0 Å². The van der Waals surface area contributed by atoms with Crippen LogP contribution >= 0.6 is 11.3 Å². The molecule has 0 aliphatic heterocycles. The number of nitrogens with zero attached hydrogens (tertiary/aromatic N) is 1. The molecule has 1 aromatic rings. The Morgan fingerprint density at radius 1 is 1.44 bits per heavy atom. The highest BCUT2D eigenvalue weighted by Crippen LogP contribution is 2.25. The van der Waals surface area contributed by atoms with Crippen LogP contribution in [0.25, 0.3) is 0 Å². The van der Waals surface area contributed by atoms with E-state index in [2.05, 4.69) is 9.72 Å². The zero-order chi connectivity index (χ0) is 13.9. The van der Waals surface area contributed by atoms with Crippen molar-refractivity contribution >= 4 is 28.3 Å². The van der Waals surface area contributed by atoms with Gasteiger partial charge in [0.2, 0.25) is 0 Å². The minimum absolute atomic E-state index is 0.152. The maximum atomic E-state index is 12.0. The third-order valence-corrected chi connectivity index (χ3v) is 2.84. The van der Waals surface area contributed by atoms with Gasteiger partial charge in [0.1, 0.15) is 0 Å². The second-order valence-corrected chi connectivity index (χ2v) is 4.43. The molecule has 1 aromatic heterocycles. The Hall–Kier alpha value is -1.64. The fraction of sp³-hybridized carbons (Fsp3) is 0.444. The van der Waals surface area contributed by atoms with Gasteiger partial charge in [-0.3, -0.25) is 14.9 Å². The molecule has 5 nitrogen and oxygen atoms in total. The van der Waals surface area contributed by atoms with E-state index in [4.69, 9.17) is 0 Å². The predicted octanol–water partition coefficient (Wildman–Crippen LogP) is 1.67. The Morgan fingerprint density at radius 3 is 2.56 bits per heavy atom. The first-order valence-corrected chi connectivity index (χ1v) is 5.47. The number of carbonyl (C=O) groups excluding carboxylic acids is 2. The lowest BCUT2D eigenvalue weighted by Crippen LogP contribution is -2.29. The molecule has 0 fully saturated rings. The number of methoxy groups -OCH3 is 1. The highest BCUT2D eigenvalue weighted by Gasteiger charge is 2.39. The van der Waals surface area contributed by atoms with E-state index in [1.807, 2.05) is 0 Å². The van der Waals surface area contributed by atoms with Crippen molar-refractivity contribution < 1.29 is 27.5 Å². The molecule has 0 unspecified atom stereocenters. The van der Waals surface area contributed by atoms with Crippen LogP contribution in [0.3, 0.4) is 0 Å². The van der Waals surface area contributed by atoms with Crippen LogP contribution in [-0.2, 0) is 20.7 Å². The largest absolute Gasteiger partial charge is 0.471 e. The number of aryl methyl sites for hydroxylation is 1. The van der Waals surface area contributed by atoms with Gasteiger partial charge in [-0.1, -0.05) is 0 Å². The van der Waals surface area contributed by atoms with Gasteiger partial charge in [0.05, 0.1) is 19.2 Å². The molecule has 1 rings (SSSR count). The number of amides is 1. The summed E-state index contributed by atoms with van der Waals surface area (Å²) in [4.78, 5) is 25.9. The summed E-state index contributed by atoms with van der Waals surface area (Å²) in [6.45, 7) is 1.58. The van der Waals surface area contributed by atoms with Crippen molar-refractivity contribution in [3.63, 3.8) is 0 Å². The molecule has 0 aliphatic carbocycles. The van der Waals surface area contributed by atoms with Gasteiger partial charge in [-0.05, 0) is 6.92 Å². The lowest BCUT2D eigenvalue weighted by atomic mass is 10.3. The van der Waals surface area contributed by atoms with Gasteiger partial charge in [0.15, 0.2) is 5.13 Å². The van der Waals surface area contributed by atoms with Crippen LogP contribution in [-0.4, -0.2) is 30.1 Å². The number of carbonyl (C=O) groups is 2. The summed E-state index contributed by atoms with van der Waals surface area (Å²) >= 11 is 0.860. The summed E-state index contributed by atoms with van der Waals surface area (Å²) < 4.78 is 40.4. The molecule has 0 aromatic carbocycles.